The number of aromatic amines is 1. The Morgan fingerprint density at radius 3 is 2.73 bits per heavy atom. The molecule has 0 saturated carbocycles. The molecule has 0 saturated heterocycles. The summed E-state index contributed by atoms with van der Waals surface area (Å²) in [6.07, 6.45) is 3.73. The average Bonchev–Trinajstić information content (AvgIpc) is 3.28. The van der Waals surface area contributed by atoms with Gasteiger partial charge in [-0.2, -0.15) is 0 Å². The molecule has 0 bridgehead atoms. The van der Waals surface area contributed by atoms with E-state index >= 15 is 0 Å². The van der Waals surface area contributed by atoms with Gasteiger partial charge in [-0.25, -0.2) is 4.98 Å². The van der Waals surface area contributed by atoms with E-state index in [1.165, 1.54) is 0 Å². The fourth-order valence-electron chi connectivity index (χ4n) is 3.57. The van der Waals surface area contributed by atoms with Crippen molar-refractivity contribution in [2.24, 2.45) is 0 Å². The zero-order valence-corrected chi connectivity index (χ0v) is 13.9. The highest BCUT2D eigenvalue weighted by molar-refractivity contribution is 6.07. The molecule has 1 aliphatic rings. The maximum atomic E-state index is 12.5. The second-order valence-corrected chi connectivity index (χ2v) is 6.28. The lowest BCUT2D eigenvalue weighted by Crippen LogP contribution is -2.13. The van der Waals surface area contributed by atoms with Crippen LogP contribution in [0.2, 0.25) is 0 Å². The average molecular weight is 340 g/mol. The quantitative estimate of drug-likeness (QED) is 0.523. The molecule has 1 amide bonds. The van der Waals surface area contributed by atoms with E-state index in [1.54, 1.807) is 6.20 Å². The minimum absolute atomic E-state index is 0.0554. The molecule has 3 N–H and O–H groups in total. The maximum absolute atomic E-state index is 12.5. The maximum Gasteiger partial charge on any atom is 0.254 e. The Morgan fingerprint density at radius 1 is 0.962 bits per heavy atom. The van der Waals surface area contributed by atoms with Crippen molar-refractivity contribution in [3.05, 3.63) is 78.1 Å². The SMILES string of the molecule is O=C1NCc2c(-c3c[nH]c4ccccc34)ccc(Nc3ccccn3)c21. The van der Waals surface area contributed by atoms with Crippen molar-refractivity contribution >= 4 is 28.3 Å². The van der Waals surface area contributed by atoms with E-state index in [-0.39, 0.29) is 5.91 Å². The monoisotopic (exact) mass is 340 g/mol. The van der Waals surface area contributed by atoms with Crippen molar-refractivity contribution in [1.29, 1.82) is 0 Å². The number of benzene rings is 2. The van der Waals surface area contributed by atoms with Crippen molar-refractivity contribution < 1.29 is 4.79 Å². The Hall–Kier alpha value is -3.60. The number of hydrogen-bond acceptors (Lipinski definition) is 3. The standard InChI is InChI=1S/C21H16N4O/c26-21-20-16(12-24-21)13(15-11-23-17-6-2-1-5-14(15)17)8-9-18(20)25-19-7-3-4-10-22-19/h1-11,23H,12H2,(H,22,25)(H,24,26). The van der Waals surface area contributed by atoms with E-state index < -0.39 is 0 Å². The number of H-pyrrole nitrogens is 1. The topological polar surface area (TPSA) is 69.8 Å². The molecule has 126 valence electrons. The van der Waals surface area contributed by atoms with Gasteiger partial charge in [0.1, 0.15) is 5.82 Å². The zero-order chi connectivity index (χ0) is 17.5. The predicted molar refractivity (Wildman–Crippen MR) is 102 cm³/mol. The molecule has 3 heterocycles. The van der Waals surface area contributed by atoms with E-state index in [1.807, 2.05) is 42.6 Å². The molecule has 2 aromatic carbocycles. The number of anilines is 2. The summed E-state index contributed by atoms with van der Waals surface area (Å²) in [6.45, 7) is 0.529. The lowest BCUT2D eigenvalue weighted by molar-refractivity contribution is 0.0966. The molecule has 0 aliphatic carbocycles. The summed E-state index contributed by atoms with van der Waals surface area (Å²) in [5, 5.41) is 7.37. The third-order valence-corrected chi connectivity index (χ3v) is 4.77. The first kappa shape index (κ1) is 14.7. The number of aromatic nitrogens is 2. The molecule has 0 spiro atoms. The van der Waals surface area contributed by atoms with Gasteiger partial charge in [-0.15, -0.1) is 0 Å². The van der Waals surface area contributed by atoms with Gasteiger partial charge in [-0.1, -0.05) is 30.3 Å². The summed E-state index contributed by atoms with van der Waals surface area (Å²) < 4.78 is 0. The summed E-state index contributed by atoms with van der Waals surface area (Å²) in [4.78, 5) is 20.1. The molecular weight excluding hydrogens is 324 g/mol. The molecule has 26 heavy (non-hydrogen) atoms. The predicted octanol–water partition coefficient (Wildman–Crippen LogP) is 4.22. The van der Waals surface area contributed by atoms with Crippen LogP contribution in [0.5, 0.6) is 0 Å². The minimum Gasteiger partial charge on any atom is -0.361 e. The first-order chi connectivity index (χ1) is 12.8. The fraction of sp³-hybridized carbons (Fsp3) is 0.0476. The molecule has 5 heteroatoms. The molecule has 5 rings (SSSR count). The minimum atomic E-state index is -0.0554. The van der Waals surface area contributed by atoms with Gasteiger partial charge in [-0.3, -0.25) is 4.79 Å². The number of para-hydroxylation sites is 1. The van der Waals surface area contributed by atoms with E-state index in [9.17, 15) is 4.79 Å². The molecule has 1 aliphatic heterocycles. The van der Waals surface area contributed by atoms with Crippen LogP contribution in [-0.4, -0.2) is 15.9 Å². The van der Waals surface area contributed by atoms with Gasteiger partial charge in [0.25, 0.3) is 5.91 Å². The number of fused-ring (bicyclic) bond motifs is 2. The van der Waals surface area contributed by atoms with Crippen molar-refractivity contribution in [3.63, 3.8) is 0 Å². The van der Waals surface area contributed by atoms with Crippen LogP contribution in [-0.2, 0) is 6.54 Å². The zero-order valence-electron chi connectivity index (χ0n) is 13.9. The molecule has 4 aromatic rings. The smallest absolute Gasteiger partial charge is 0.254 e. The third-order valence-electron chi connectivity index (χ3n) is 4.77. The molecule has 0 atom stereocenters. The van der Waals surface area contributed by atoms with E-state index in [2.05, 4.69) is 38.8 Å². The number of amides is 1. The van der Waals surface area contributed by atoms with Gasteiger partial charge in [0.05, 0.1) is 11.3 Å². The molecule has 5 nitrogen and oxygen atoms in total. The molecule has 2 aromatic heterocycles. The highest BCUT2D eigenvalue weighted by Crippen LogP contribution is 2.37. The summed E-state index contributed by atoms with van der Waals surface area (Å²) in [5.74, 6) is 0.661. The van der Waals surface area contributed by atoms with Gasteiger partial charge in [0.15, 0.2) is 0 Å². The van der Waals surface area contributed by atoms with Crippen LogP contribution in [0.3, 0.4) is 0 Å². The Morgan fingerprint density at radius 2 is 1.85 bits per heavy atom. The fourth-order valence-corrected chi connectivity index (χ4v) is 3.57. The summed E-state index contributed by atoms with van der Waals surface area (Å²) in [6, 6.07) is 17.9. The summed E-state index contributed by atoms with van der Waals surface area (Å²) in [5.41, 5.74) is 5.75. The lowest BCUT2D eigenvalue weighted by atomic mass is 9.95. The Labute approximate surface area is 150 Å². The van der Waals surface area contributed by atoms with Gasteiger partial charge in [0.2, 0.25) is 0 Å². The second kappa shape index (κ2) is 5.74. The Balaban J connectivity index is 1.66. The van der Waals surface area contributed by atoms with E-state index in [4.69, 9.17) is 0 Å². The summed E-state index contributed by atoms with van der Waals surface area (Å²) in [7, 11) is 0. The van der Waals surface area contributed by atoms with Gasteiger partial charge in [0, 0.05) is 35.4 Å². The van der Waals surface area contributed by atoms with Gasteiger partial charge >= 0.3 is 0 Å². The number of carbonyl (C=O) groups excluding carboxylic acids is 1. The number of nitrogens with zero attached hydrogens (tertiary/aromatic N) is 1. The third kappa shape index (κ3) is 2.25. The number of carbonyl (C=O) groups is 1. The number of nitrogens with one attached hydrogen (secondary N) is 3. The van der Waals surface area contributed by atoms with Crippen LogP contribution in [0, 0.1) is 0 Å². The largest absolute Gasteiger partial charge is 0.361 e. The molecule has 0 radical (unpaired) electrons. The van der Waals surface area contributed by atoms with Crippen LogP contribution in [0.15, 0.2) is 67.0 Å². The number of hydrogen-bond donors (Lipinski definition) is 3. The van der Waals surface area contributed by atoms with Crippen molar-refractivity contribution in [1.82, 2.24) is 15.3 Å². The van der Waals surface area contributed by atoms with Gasteiger partial charge in [-0.05, 0) is 35.4 Å². The highest BCUT2D eigenvalue weighted by atomic mass is 16.1. The Kier molecular flexibility index (Phi) is 3.25. The first-order valence-corrected chi connectivity index (χ1v) is 8.50. The van der Waals surface area contributed by atoms with E-state index in [0.29, 0.717) is 17.9 Å². The summed E-state index contributed by atoms with van der Waals surface area (Å²) >= 11 is 0. The number of pyridine rings is 1. The molecule has 0 fully saturated rings. The van der Waals surface area contributed by atoms with Crippen LogP contribution in [0.1, 0.15) is 15.9 Å². The van der Waals surface area contributed by atoms with Crippen molar-refractivity contribution in [3.8, 4) is 11.1 Å². The van der Waals surface area contributed by atoms with Crippen LogP contribution in [0.4, 0.5) is 11.5 Å². The second-order valence-electron chi connectivity index (χ2n) is 6.28. The highest BCUT2D eigenvalue weighted by Gasteiger charge is 2.26. The van der Waals surface area contributed by atoms with Crippen LogP contribution in [0.25, 0.3) is 22.0 Å². The van der Waals surface area contributed by atoms with Crippen LogP contribution >= 0.6 is 0 Å². The normalized spacial score (nSPS) is 12.8. The van der Waals surface area contributed by atoms with E-state index in [0.717, 1.165) is 33.3 Å². The van der Waals surface area contributed by atoms with Crippen molar-refractivity contribution in [2.45, 2.75) is 6.54 Å². The van der Waals surface area contributed by atoms with Crippen LogP contribution < -0.4 is 10.6 Å². The van der Waals surface area contributed by atoms with Crippen molar-refractivity contribution in [2.75, 3.05) is 5.32 Å². The molecular formula is C21H16N4O. The Bertz CT molecular complexity index is 1130. The first-order valence-electron chi connectivity index (χ1n) is 8.50. The van der Waals surface area contributed by atoms with Gasteiger partial charge < -0.3 is 15.6 Å². The lowest BCUT2D eigenvalue weighted by Gasteiger charge is -2.12. The number of rotatable bonds is 3. The molecule has 0 unspecified atom stereocenters.